The fraction of sp³-hybridized carbons (Fsp3) is 0.115. The van der Waals surface area contributed by atoms with Gasteiger partial charge in [0.15, 0.2) is 11.5 Å². The number of hydrogen-bond donors (Lipinski definition) is 1. The molecule has 3 amide bonds. The average molecular weight is 589 g/mol. The van der Waals surface area contributed by atoms with Crippen molar-refractivity contribution >= 4 is 56.5 Å². The highest BCUT2D eigenvalue weighted by Gasteiger charge is 2.36. The molecule has 0 unspecified atom stereocenters. The van der Waals surface area contributed by atoms with Crippen molar-refractivity contribution in [2.45, 2.75) is 6.61 Å². The minimum absolute atomic E-state index is 0.0224. The molecule has 190 valence electrons. The molecule has 1 aliphatic heterocycles. The number of benzene rings is 3. The molecule has 3 aromatic carbocycles. The Labute approximate surface area is 223 Å². The SMILES string of the molecule is COc1cc(/C=C2/SC(=O)N(CC(=O)Nc3cccc(F)c3)C2=O)c(Br)cc1OCc1ccccc1F. The molecule has 0 bridgehead atoms. The van der Waals surface area contributed by atoms with Gasteiger partial charge >= 0.3 is 0 Å². The van der Waals surface area contributed by atoms with Crippen molar-refractivity contribution < 1.29 is 32.6 Å². The quantitative estimate of drug-likeness (QED) is 0.325. The molecule has 1 heterocycles. The van der Waals surface area contributed by atoms with E-state index in [1.54, 1.807) is 30.3 Å². The van der Waals surface area contributed by atoms with E-state index < -0.39 is 35.2 Å². The molecule has 1 aliphatic rings. The molecule has 0 saturated carbocycles. The summed E-state index contributed by atoms with van der Waals surface area (Å²) in [4.78, 5) is 38.5. The Hall–Kier alpha value is -3.70. The fourth-order valence-electron chi connectivity index (χ4n) is 3.39. The van der Waals surface area contributed by atoms with Crippen molar-refractivity contribution in [3.63, 3.8) is 0 Å². The van der Waals surface area contributed by atoms with E-state index in [4.69, 9.17) is 9.47 Å². The van der Waals surface area contributed by atoms with E-state index in [1.807, 2.05) is 0 Å². The monoisotopic (exact) mass is 588 g/mol. The van der Waals surface area contributed by atoms with Crippen LogP contribution in [-0.4, -0.2) is 35.6 Å². The molecule has 7 nitrogen and oxygen atoms in total. The van der Waals surface area contributed by atoms with E-state index in [9.17, 15) is 23.2 Å². The third kappa shape index (κ3) is 6.36. The lowest BCUT2D eigenvalue weighted by molar-refractivity contribution is -0.127. The van der Waals surface area contributed by atoms with Gasteiger partial charge in [0, 0.05) is 15.7 Å². The smallest absolute Gasteiger partial charge is 0.294 e. The highest BCUT2D eigenvalue weighted by molar-refractivity contribution is 9.10. The van der Waals surface area contributed by atoms with Gasteiger partial charge in [-0.05, 0) is 59.8 Å². The summed E-state index contributed by atoms with van der Waals surface area (Å²) in [7, 11) is 1.44. The van der Waals surface area contributed by atoms with Crippen LogP contribution >= 0.6 is 27.7 Å². The maximum Gasteiger partial charge on any atom is 0.294 e. The number of carbonyl (C=O) groups excluding carboxylic acids is 3. The Morgan fingerprint density at radius 1 is 1.08 bits per heavy atom. The number of ether oxygens (including phenoxy) is 2. The third-order valence-electron chi connectivity index (χ3n) is 5.19. The van der Waals surface area contributed by atoms with E-state index in [0.717, 1.165) is 11.0 Å². The molecular formula is C26H19BrF2N2O5S. The van der Waals surface area contributed by atoms with Crippen molar-refractivity contribution in [2.24, 2.45) is 0 Å². The van der Waals surface area contributed by atoms with Gasteiger partial charge in [-0.3, -0.25) is 19.3 Å². The zero-order chi connectivity index (χ0) is 26.5. The molecular weight excluding hydrogens is 570 g/mol. The van der Waals surface area contributed by atoms with Gasteiger partial charge in [-0.2, -0.15) is 0 Å². The van der Waals surface area contributed by atoms with Crippen molar-refractivity contribution in [1.82, 2.24) is 4.90 Å². The van der Waals surface area contributed by atoms with Crippen molar-refractivity contribution in [2.75, 3.05) is 19.0 Å². The maximum absolute atomic E-state index is 13.9. The van der Waals surface area contributed by atoms with Gasteiger partial charge in [0.25, 0.3) is 11.1 Å². The number of nitrogens with zero attached hydrogens (tertiary/aromatic N) is 1. The van der Waals surface area contributed by atoms with Gasteiger partial charge < -0.3 is 14.8 Å². The lowest BCUT2D eigenvalue weighted by atomic mass is 10.1. The number of carbonyl (C=O) groups is 3. The molecule has 1 fully saturated rings. The molecule has 1 saturated heterocycles. The van der Waals surface area contributed by atoms with Crippen LogP contribution in [0.5, 0.6) is 11.5 Å². The number of rotatable bonds is 8. The van der Waals surface area contributed by atoms with Crippen molar-refractivity contribution in [3.05, 3.63) is 92.8 Å². The van der Waals surface area contributed by atoms with E-state index in [0.29, 0.717) is 38.9 Å². The van der Waals surface area contributed by atoms with Crippen LogP contribution in [0.1, 0.15) is 11.1 Å². The standard InChI is InChI=1S/C26H19BrF2N2O5S/c1-35-21-9-16(19(27)12-22(21)36-14-15-5-2-3-8-20(15)29)10-23-25(33)31(26(34)37-23)13-24(32)30-18-7-4-6-17(28)11-18/h2-12H,13-14H2,1H3,(H,30,32)/b23-10+. The highest BCUT2D eigenvalue weighted by atomic mass is 79.9. The molecule has 3 aromatic rings. The lowest BCUT2D eigenvalue weighted by Crippen LogP contribution is -2.36. The number of thioether (sulfide) groups is 1. The first-order valence-electron chi connectivity index (χ1n) is 10.8. The predicted octanol–water partition coefficient (Wildman–Crippen LogP) is 5.99. The number of nitrogens with one attached hydrogen (secondary N) is 1. The Kier molecular flexibility index (Phi) is 8.24. The first-order valence-corrected chi connectivity index (χ1v) is 12.4. The summed E-state index contributed by atoms with van der Waals surface area (Å²) in [5.74, 6) is -1.53. The van der Waals surface area contributed by atoms with Crippen LogP contribution in [0.2, 0.25) is 0 Å². The third-order valence-corrected chi connectivity index (χ3v) is 6.79. The molecule has 0 radical (unpaired) electrons. The number of anilines is 1. The second-order valence-electron chi connectivity index (χ2n) is 7.73. The van der Waals surface area contributed by atoms with Gasteiger partial charge in [0.05, 0.1) is 12.0 Å². The van der Waals surface area contributed by atoms with Crippen LogP contribution in [0.3, 0.4) is 0 Å². The van der Waals surface area contributed by atoms with Crippen LogP contribution in [0, 0.1) is 11.6 Å². The normalized spacial score (nSPS) is 14.3. The number of hydrogen-bond acceptors (Lipinski definition) is 6. The topological polar surface area (TPSA) is 84.9 Å². The van der Waals surface area contributed by atoms with E-state index in [2.05, 4.69) is 21.2 Å². The van der Waals surface area contributed by atoms with Gasteiger partial charge in [-0.15, -0.1) is 0 Å². The Balaban J connectivity index is 1.48. The number of methoxy groups -OCH3 is 1. The van der Waals surface area contributed by atoms with E-state index in [1.165, 1.54) is 37.5 Å². The number of halogens is 3. The summed E-state index contributed by atoms with van der Waals surface area (Å²) >= 11 is 4.11. The number of amides is 3. The van der Waals surface area contributed by atoms with Gasteiger partial charge in [0.2, 0.25) is 5.91 Å². The first-order chi connectivity index (χ1) is 17.7. The zero-order valence-electron chi connectivity index (χ0n) is 19.3. The molecule has 0 spiro atoms. The molecule has 4 rings (SSSR count). The predicted molar refractivity (Wildman–Crippen MR) is 139 cm³/mol. The fourth-order valence-corrected chi connectivity index (χ4v) is 4.66. The van der Waals surface area contributed by atoms with Crippen LogP contribution in [0.4, 0.5) is 19.3 Å². The second kappa shape index (κ2) is 11.6. The van der Waals surface area contributed by atoms with Crippen LogP contribution in [-0.2, 0) is 16.2 Å². The molecule has 11 heteroatoms. The number of imide groups is 1. The van der Waals surface area contributed by atoms with Crippen LogP contribution in [0.15, 0.2) is 70.0 Å². The van der Waals surface area contributed by atoms with Crippen molar-refractivity contribution in [3.8, 4) is 11.5 Å². The average Bonchev–Trinajstić information content (AvgIpc) is 3.12. The lowest BCUT2D eigenvalue weighted by Gasteiger charge is -2.14. The van der Waals surface area contributed by atoms with Gasteiger partial charge in [-0.1, -0.05) is 40.2 Å². The summed E-state index contributed by atoms with van der Waals surface area (Å²) in [6.07, 6.45) is 1.49. The largest absolute Gasteiger partial charge is 0.493 e. The molecule has 1 N–H and O–H groups in total. The van der Waals surface area contributed by atoms with Gasteiger partial charge in [0.1, 0.15) is 24.8 Å². The Morgan fingerprint density at radius 3 is 2.59 bits per heavy atom. The first kappa shape index (κ1) is 26.4. The highest BCUT2D eigenvalue weighted by Crippen LogP contribution is 2.38. The Morgan fingerprint density at radius 2 is 1.86 bits per heavy atom. The maximum atomic E-state index is 13.9. The van der Waals surface area contributed by atoms with E-state index in [-0.39, 0.29) is 17.2 Å². The van der Waals surface area contributed by atoms with E-state index >= 15 is 0 Å². The minimum Gasteiger partial charge on any atom is -0.493 e. The summed E-state index contributed by atoms with van der Waals surface area (Å²) in [6, 6.07) is 14.7. The van der Waals surface area contributed by atoms with Crippen LogP contribution in [0.25, 0.3) is 6.08 Å². The molecule has 0 aliphatic carbocycles. The van der Waals surface area contributed by atoms with Crippen LogP contribution < -0.4 is 14.8 Å². The minimum atomic E-state index is -0.645. The van der Waals surface area contributed by atoms with Gasteiger partial charge in [-0.25, -0.2) is 8.78 Å². The molecule has 0 atom stereocenters. The zero-order valence-corrected chi connectivity index (χ0v) is 21.7. The summed E-state index contributed by atoms with van der Waals surface area (Å²) in [5, 5.41) is 1.85. The summed E-state index contributed by atoms with van der Waals surface area (Å²) < 4.78 is 38.9. The summed E-state index contributed by atoms with van der Waals surface area (Å²) in [5.41, 5.74) is 1.10. The van der Waals surface area contributed by atoms with Crippen molar-refractivity contribution in [1.29, 1.82) is 0 Å². The molecule has 0 aromatic heterocycles. The summed E-state index contributed by atoms with van der Waals surface area (Å²) in [6.45, 7) is -0.544. The Bertz CT molecular complexity index is 1420. The molecule has 37 heavy (non-hydrogen) atoms. The second-order valence-corrected chi connectivity index (χ2v) is 9.58.